The number of hydrogen-bond acceptors (Lipinski definition) is 12. The Morgan fingerprint density at radius 1 is 0.714 bits per heavy atom. The van der Waals surface area contributed by atoms with Crippen molar-refractivity contribution in [3.8, 4) is 0 Å². The number of rotatable bonds is 28. The van der Waals surface area contributed by atoms with E-state index in [0.717, 1.165) is 17.7 Å². The first-order valence-electron chi connectivity index (χ1n) is 16.7. The largest absolute Gasteiger partial charge is 0.379 e. The lowest BCUT2D eigenvalue weighted by atomic mass is 10.0. The maximum Gasteiger partial charge on any atom is 0.264 e. The number of anilines is 1. The van der Waals surface area contributed by atoms with Gasteiger partial charge in [-0.3, -0.25) is 34.2 Å². The van der Waals surface area contributed by atoms with Crippen molar-refractivity contribution in [2.45, 2.75) is 44.6 Å². The van der Waals surface area contributed by atoms with E-state index in [-0.39, 0.29) is 42.0 Å². The predicted molar refractivity (Wildman–Crippen MR) is 177 cm³/mol. The molecule has 1 unspecified atom stereocenters. The minimum Gasteiger partial charge on any atom is -0.379 e. The molecule has 2 aliphatic rings. The Bertz CT molecular complexity index is 1200. The van der Waals surface area contributed by atoms with Crippen LogP contribution >= 0.6 is 11.6 Å². The number of nitrogens with one attached hydrogen (secondary N) is 2. The summed E-state index contributed by atoms with van der Waals surface area (Å²) in [6.07, 6.45) is 2.48. The fraction of sp³-hybridized carbons (Fsp3) is 0.667. The van der Waals surface area contributed by atoms with Crippen LogP contribution in [0.4, 0.5) is 5.69 Å². The molecule has 0 aliphatic carbocycles. The van der Waals surface area contributed by atoms with Gasteiger partial charge in [-0.05, 0) is 31.4 Å². The Labute approximate surface area is 291 Å². The van der Waals surface area contributed by atoms with Crippen LogP contribution in [0.2, 0.25) is 0 Å². The third kappa shape index (κ3) is 14.8. The van der Waals surface area contributed by atoms with Crippen LogP contribution in [0.5, 0.6) is 0 Å². The topological polar surface area (TPSA) is 177 Å². The Morgan fingerprint density at radius 3 is 1.78 bits per heavy atom. The van der Waals surface area contributed by atoms with Gasteiger partial charge in [-0.2, -0.15) is 0 Å². The molecule has 2 aliphatic heterocycles. The molecule has 274 valence electrons. The van der Waals surface area contributed by atoms with Crippen molar-refractivity contribution in [1.82, 2.24) is 10.2 Å². The molecule has 1 aromatic rings. The van der Waals surface area contributed by atoms with Crippen molar-refractivity contribution in [3.63, 3.8) is 0 Å². The number of ether oxygens (including phenoxy) is 7. The molecule has 2 heterocycles. The molecule has 1 atom stereocenters. The van der Waals surface area contributed by atoms with Crippen molar-refractivity contribution in [2.75, 3.05) is 104 Å². The van der Waals surface area contributed by atoms with Gasteiger partial charge in [-0.15, -0.1) is 11.6 Å². The van der Waals surface area contributed by atoms with Gasteiger partial charge in [-0.1, -0.05) is 12.5 Å². The molecule has 5 amide bonds. The highest BCUT2D eigenvalue weighted by Gasteiger charge is 2.45. The smallest absolute Gasteiger partial charge is 0.264 e. The van der Waals surface area contributed by atoms with Gasteiger partial charge in [0.2, 0.25) is 17.7 Å². The molecule has 49 heavy (non-hydrogen) atoms. The number of halogens is 1. The Morgan fingerprint density at radius 2 is 1.24 bits per heavy atom. The lowest BCUT2D eigenvalue weighted by Crippen LogP contribution is -2.54. The standard InChI is InChI=1S/C33H48ClN3O12/c34-10-12-44-14-16-46-18-20-48-22-24-49-23-21-47-19-17-45-15-13-43-11-3-1-2-7-28(38)35-26-6-4-5-25-30(26)33(42)37(32(25)41)27-8-9-29(39)36-31(27)40/h4-6,27H,1-3,7-24H2,(H,35,38)(H,36,39,40). The third-order valence-electron chi connectivity index (χ3n) is 7.39. The van der Waals surface area contributed by atoms with Gasteiger partial charge in [0, 0.05) is 25.3 Å². The van der Waals surface area contributed by atoms with E-state index in [2.05, 4.69) is 10.6 Å². The molecule has 15 nitrogen and oxygen atoms in total. The van der Waals surface area contributed by atoms with Gasteiger partial charge in [0.05, 0.1) is 103 Å². The number of alkyl halides is 1. The van der Waals surface area contributed by atoms with Gasteiger partial charge < -0.3 is 38.5 Å². The van der Waals surface area contributed by atoms with E-state index in [9.17, 15) is 24.0 Å². The summed E-state index contributed by atoms with van der Waals surface area (Å²) >= 11 is 5.51. The zero-order chi connectivity index (χ0) is 35.1. The summed E-state index contributed by atoms with van der Waals surface area (Å²) in [4.78, 5) is 63.4. The monoisotopic (exact) mass is 713 g/mol. The van der Waals surface area contributed by atoms with Crippen LogP contribution in [0.3, 0.4) is 0 Å². The first-order valence-corrected chi connectivity index (χ1v) is 17.2. The molecule has 0 saturated carbocycles. The van der Waals surface area contributed by atoms with E-state index in [4.69, 9.17) is 44.8 Å². The fourth-order valence-electron chi connectivity index (χ4n) is 4.97. The summed E-state index contributed by atoms with van der Waals surface area (Å²) in [5.41, 5.74) is 0.389. The summed E-state index contributed by atoms with van der Waals surface area (Å²) in [5, 5.41) is 4.90. The van der Waals surface area contributed by atoms with Gasteiger partial charge in [0.25, 0.3) is 11.8 Å². The summed E-state index contributed by atoms with van der Waals surface area (Å²) in [7, 11) is 0. The quantitative estimate of drug-likeness (QED) is 0.0734. The van der Waals surface area contributed by atoms with Crippen LogP contribution in [0.15, 0.2) is 18.2 Å². The molecular formula is C33H48ClN3O12. The molecule has 1 aromatic carbocycles. The van der Waals surface area contributed by atoms with Crippen LogP contribution in [0, 0.1) is 0 Å². The van der Waals surface area contributed by atoms with Crippen LogP contribution in [0.1, 0.15) is 59.2 Å². The van der Waals surface area contributed by atoms with E-state index in [1.54, 1.807) is 12.1 Å². The molecule has 16 heteroatoms. The van der Waals surface area contributed by atoms with Crippen LogP contribution < -0.4 is 10.6 Å². The summed E-state index contributed by atoms with van der Waals surface area (Å²) < 4.78 is 38.0. The lowest BCUT2D eigenvalue weighted by molar-refractivity contribution is -0.136. The highest BCUT2D eigenvalue weighted by Crippen LogP contribution is 2.32. The average Bonchev–Trinajstić information content (AvgIpc) is 3.34. The zero-order valence-corrected chi connectivity index (χ0v) is 28.6. The van der Waals surface area contributed by atoms with Crippen molar-refractivity contribution in [3.05, 3.63) is 29.3 Å². The predicted octanol–water partition coefficient (Wildman–Crippen LogP) is 1.94. The Hall–Kier alpha value is -3.02. The number of benzene rings is 1. The summed E-state index contributed by atoms with van der Waals surface area (Å²) in [6, 6.07) is 3.53. The molecule has 0 aromatic heterocycles. The number of imide groups is 2. The number of carbonyl (C=O) groups excluding carboxylic acids is 5. The van der Waals surface area contributed by atoms with Gasteiger partial charge in [-0.25, -0.2) is 0 Å². The number of unbranched alkanes of at least 4 members (excludes halogenated alkanes) is 2. The molecule has 0 radical (unpaired) electrons. The van der Waals surface area contributed by atoms with E-state index in [1.807, 2.05) is 0 Å². The molecule has 3 rings (SSSR count). The number of carbonyl (C=O) groups is 5. The van der Waals surface area contributed by atoms with Crippen molar-refractivity contribution < 1.29 is 57.1 Å². The summed E-state index contributed by atoms with van der Waals surface area (Å²) in [6.45, 7) is 6.86. The average molecular weight is 714 g/mol. The molecule has 2 N–H and O–H groups in total. The number of fused-ring (bicyclic) bond motifs is 1. The lowest BCUT2D eigenvalue weighted by Gasteiger charge is -2.27. The van der Waals surface area contributed by atoms with E-state index < -0.39 is 29.7 Å². The van der Waals surface area contributed by atoms with Crippen LogP contribution in [-0.2, 0) is 47.5 Å². The van der Waals surface area contributed by atoms with Gasteiger partial charge >= 0.3 is 0 Å². The van der Waals surface area contributed by atoms with Crippen LogP contribution in [0.25, 0.3) is 0 Å². The van der Waals surface area contributed by atoms with Gasteiger partial charge in [0.1, 0.15) is 6.04 Å². The molecule has 0 spiro atoms. The van der Waals surface area contributed by atoms with E-state index >= 15 is 0 Å². The second-order valence-corrected chi connectivity index (χ2v) is 11.4. The van der Waals surface area contributed by atoms with Crippen molar-refractivity contribution in [2.24, 2.45) is 0 Å². The second-order valence-electron chi connectivity index (χ2n) is 11.0. The van der Waals surface area contributed by atoms with Crippen molar-refractivity contribution in [1.29, 1.82) is 0 Å². The SMILES string of the molecule is O=C1CCC(N2C(=O)c3cccc(NC(=O)CCCCCOCCOCCOCCOCCOCCOCCOCCCl)c3C2=O)C(=O)N1. The minimum atomic E-state index is -1.07. The maximum absolute atomic E-state index is 13.2. The number of amides is 5. The van der Waals surface area contributed by atoms with Crippen molar-refractivity contribution >= 4 is 46.8 Å². The Balaban J connectivity index is 1.11. The molecular weight excluding hydrogens is 666 g/mol. The highest BCUT2D eigenvalue weighted by molar-refractivity contribution is 6.26. The normalized spacial score (nSPS) is 15.9. The Kier molecular flexibility index (Phi) is 19.9. The number of nitrogens with zero attached hydrogens (tertiary/aromatic N) is 1. The number of piperidine rings is 1. The first-order chi connectivity index (χ1) is 23.9. The third-order valence-corrected chi connectivity index (χ3v) is 7.54. The first kappa shape index (κ1) is 40.4. The molecule has 0 bridgehead atoms. The summed E-state index contributed by atoms with van der Waals surface area (Å²) in [5.74, 6) is -2.23. The highest BCUT2D eigenvalue weighted by atomic mass is 35.5. The minimum absolute atomic E-state index is 0.0310. The van der Waals surface area contributed by atoms with E-state index in [0.29, 0.717) is 105 Å². The number of hydrogen-bond donors (Lipinski definition) is 2. The molecule has 1 fully saturated rings. The molecule has 1 saturated heterocycles. The van der Waals surface area contributed by atoms with E-state index in [1.165, 1.54) is 6.07 Å². The zero-order valence-electron chi connectivity index (χ0n) is 27.9. The second kappa shape index (κ2) is 24.2. The maximum atomic E-state index is 13.2. The fourth-order valence-corrected chi connectivity index (χ4v) is 5.08. The van der Waals surface area contributed by atoms with Crippen LogP contribution in [-0.4, -0.2) is 139 Å². The van der Waals surface area contributed by atoms with Gasteiger partial charge in [0.15, 0.2) is 0 Å².